The highest BCUT2D eigenvalue weighted by molar-refractivity contribution is 5.50. The molecular weight excluding hydrogens is 312 g/mol. The molecule has 1 aromatic carbocycles. The molecule has 2 aromatic rings. The van der Waals surface area contributed by atoms with Gasteiger partial charge in [0.05, 0.1) is 18.9 Å². The maximum absolute atomic E-state index is 10.5. The number of piperidine rings is 1. The lowest BCUT2D eigenvalue weighted by molar-refractivity contribution is 0.0592. The molecule has 1 N–H and O–H groups in total. The van der Waals surface area contributed by atoms with E-state index in [1.165, 1.54) is 5.56 Å². The summed E-state index contributed by atoms with van der Waals surface area (Å²) in [5.41, 5.74) is 1.97. The number of hydrogen-bond acceptors (Lipinski definition) is 4. The molecule has 1 saturated heterocycles. The lowest BCUT2D eigenvalue weighted by atomic mass is 9.89. The third-order valence-electron chi connectivity index (χ3n) is 4.86. The molecule has 4 nitrogen and oxygen atoms in total. The Morgan fingerprint density at radius 1 is 1.20 bits per heavy atom. The van der Waals surface area contributed by atoms with E-state index in [1.54, 1.807) is 13.3 Å². The van der Waals surface area contributed by atoms with E-state index in [0.29, 0.717) is 5.92 Å². The smallest absolute Gasteiger partial charge is 0.118 e. The van der Waals surface area contributed by atoms with Crippen molar-refractivity contribution in [3.05, 3.63) is 66.0 Å². The van der Waals surface area contributed by atoms with Crippen LogP contribution in [-0.4, -0.2) is 41.7 Å². The molecule has 0 saturated carbocycles. The third kappa shape index (κ3) is 4.91. The second-order valence-corrected chi connectivity index (χ2v) is 6.51. The number of aliphatic hydroxyl groups is 1. The molecule has 1 aliphatic heterocycles. The monoisotopic (exact) mass is 338 g/mol. The van der Waals surface area contributed by atoms with E-state index < -0.39 is 6.10 Å². The summed E-state index contributed by atoms with van der Waals surface area (Å²) in [6.07, 6.45) is 7.67. The summed E-state index contributed by atoms with van der Waals surface area (Å²) in [7, 11) is 1.68. The van der Waals surface area contributed by atoms with Crippen LogP contribution in [0.2, 0.25) is 0 Å². The van der Waals surface area contributed by atoms with Crippen LogP contribution >= 0.6 is 0 Å². The van der Waals surface area contributed by atoms with Crippen molar-refractivity contribution in [2.24, 2.45) is 5.92 Å². The molecule has 1 aromatic heterocycles. The molecule has 0 unspecified atom stereocenters. The molecule has 25 heavy (non-hydrogen) atoms. The third-order valence-corrected chi connectivity index (χ3v) is 4.86. The molecule has 0 spiro atoms. The van der Waals surface area contributed by atoms with E-state index in [0.717, 1.165) is 43.9 Å². The van der Waals surface area contributed by atoms with Crippen molar-refractivity contribution in [3.8, 4) is 5.75 Å². The minimum absolute atomic E-state index is 0.303. The van der Waals surface area contributed by atoms with Crippen molar-refractivity contribution in [3.63, 3.8) is 0 Å². The number of benzene rings is 1. The molecule has 0 bridgehead atoms. The van der Waals surface area contributed by atoms with Gasteiger partial charge < -0.3 is 9.84 Å². The fourth-order valence-corrected chi connectivity index (χ4v) is 3.30. The highest BCUT2D eigenvalue weighted by atomic mass is 16.5. The van der Waals surface area contributed by atoms with Gasteiger partial charge in [-0.05, 0) is 61.7 Å². The zero-order valence-electron chi connectivity index (χ0n) is 14.7. The quantitative estimate of drug-likeness (QED) is 0.875. The molecule has 3 rings (SSSR count). The number of hydrogen-bond donors (Lipinski definition) is 1. The highest BCUT2D eigenvalue weighted by Gasteiger charge is 2.26. The Kier molecular flexibility index (Phi) is 6.20. The SMILES string of the molecule is COc1ccc(/C=C/CN2CCC([C@H](O)c3ccccn3)CC2)cc1. The number of likely N-dealkylation sites (tertiary alicyclic amines) is 1. The first-order chi connectivity index (χ1) is 12.3. The molecule has 0 radical (unpaired) electrons. The van der Waals surface area contributed by atoms with E-state index in [9.17, 15) is 5.11 Å². The topological polar surface area (TPSA) is 45.6 Å². The average Bonchev–Trinajstić information content (AvgIpc) is 2.69. The number of ether oxygens (including phenoxy) is 1. The van der Waals surface area contributed by atoms with Gasteiger partial charge in [-0.25, -0.2) is 0 Å². The van der Waals surface area contributed by atoms with Crippen molar-refractivity contribution in [1.82, 2.24) is 9.88 Å². The van der Waals surface area contributed by atoms with Gasteiger partial charge in [0.15, 0.2) is 0 Å². The Labute approximate surface area is 149 Å². The van der Waals surface area contributed by atoms with Crippen LogP contribution in [0.1, 0.15) is 30.2 Å². The van der Waals surface area contributed by atoms with Crippen LogP contribution in [0.3, 0.4) is 0 Å². The lowest BCUT2D eigenvalue weighted by Crippen LogP contribution is -2.35. The van der Waals surface area contributed by atoms with Crippen molar-refractivity contribution in [2.45, 2.75) is 18.9 Å². The second kappa shape index (κ2) is 8.79. The predicted molar refractivity (Wildman–Crippen MR) is 100 cm³/mol. The largest absolute Gasteiger partial charge is 0.497 e. The minimum Gasteiger partial charge on any atom is -0.497 e. The molecule has 2 heterocycles. The van der Waals surface area contributed by atoms with E-state index in [-0.39, 0.29) is 0 Å². The van der Waals surface area contributed by atoms with Crippen LogP contribution in [0.5, 0.6) is 5.75 Å². The van der Waals surface area contributed by atoms with Crippen molar-refractivity contribution in [2.75, 3.05) is 26.7 Å². The Morgan fingerprint density at radius 2 is 1.96 bits per heavy atom. The Balaban J connectivity index is 1.45. The first kappa shape index (κ1) is 17.6. The summed E-state index contributed by atoms with van der Waals surface area (Å²) in [6, 6.07) is 13.8. The van der Waals surface area contributed by atoms with Crippen LogP contribution < -0.4 is 4.74 Å². The molecule has 4 heteroatoms. The van der Waals surface area contributed by atoms with Crippen LogP contribution in [0, 0.1) is 5.92 Å². The molecular formula is C21H26N2O2. The highest BCUT2D eigenvalue weighted by Crippen LogP contribution is 2.29. The van der Waals surface area contributed by atoms with E-state index in [1.807, 2.05) is 30.3 Å². The number of nitrogens with zero attached hydrogens (tertiary/aromatic N) is 2. The summed E-state index contributed by atoms with van der Waals surface area (Å²) in [5, 5.41) is 10.5. The Hall–Kier alpha value is -2.17. The van der Waals surface area contributed by atoms with Gasteiger partial charge in [-0.1, -0.05) is 30.4 Å². The molecule has 0 amide bonds. The molecule has 132 valence electrons. The fraction of sp³-hybridized carbons (Fsp3) is 0.381. The summed E-state index contributed by atoms with van der Waals surface area (Å²) in [4.78, 5) is 6.72. The Morgan fingerprint density at radius 3 is 2.60 bits per heavy atom. The van der Waals surface area contributed by atoms with Crippen molar-refractivity contribution in [1.29, 1.82) is 0 Å². The normalized spacial score (nSPS) is 17.7. The van der Waals surface area contributed by atoms with Gasteiger partial charge in [-0.2, -0.15) is 0 Å². The predicted octanol–water partition coefficient (Wildman–Crippen LogP) is 3.55. The van der Waals surface area contributed by atoms with Gasteiger partial charge in [-0.15, -0.1) is 0 Å². The fourth-order valence-electron chi connectivity index (χ4n) is 3.30. The van der Waals surface area contributed by atoms with Gasteiger partial charge in [0.1, 0.15) is 5.75 Å². The standard InChI is InChI=1S/C21H26N2O2/c1-25-19-9-7-17(8-10-19)5-4-14-23-15-11-18(12-16-23)21(24)20-6-2-3-13-22-20/h2-10,13,18,21,24H,11-12,14-16H2,1H3/b5-4+/t21-/m0/s1. The summed E-state index contributed by atoms with van der Waals surface area (Å²) < 4.78 is 5.17. The minimum atomic E-state index is -0.446. The van der Waals surface area contributed by atoms with Crippen molar-refractivity contribution >= 4 is 6.08 Å². The molecule has 1 aliphatic rings. The van der Waals surface area contributed by atoms with Gasteiger partial charge >= 0.3 is 0 Å². The maximum atomic E-state index is 10.5. The summed E-state index contributed by atoms with van der Waals surface area (Å²) in [5.74, 6) is 1.18. The summed E-state index contributed by atoms with van der Waals surface area (Å²) >= 11 is 0. The number of aliphatic hydroxyl groups excluding tert-OH is 1. The Bertz CT molecular complexity index is 662. The maximum Gasteiger partial charge on any atom is 0.118 e. The van der Waals surface area contributed by atoms with Crippen LogP contribution in [0.15, 0.2) is 54.7 Å². The van der Waals surface area contributed by atoms with Crippen LogP contribution in [-0.2, 0) is 0 Å². The van der Waals surface area contributed by atoms with E-state index in [4.69, 9.17) is 4.74 Å². The molecule has 1 fully saturated rings. The van der Waals surface area contributed by atoms with E-state index >= 15 is 0 Å². The first-order valence-electron chi connectivity index (χ1n) is 8.88. The van der Waals surface area contributed by atoms with Crippen molar-refractivity contribution < 1.29 is 9.84 Å². The van der Waals surface area contributed by atoms with Gasteiger partial charge in [0.2, 0.25) is 0 Å². The molecule has 0 aliphatic carbocycles. The van der Waals surface area contributed by atoms with Crippen LogP contribution in [0.4, 0.5) is 0 Å². The second-order valence-electron chi connectivity index (χ2n) is 6.51. The molecule has 1 atom stereocenters. The van der Waals surface area contributed by atoms with E-state index in [2.05, 4.69) is 34.2 Å². The lowest BCUT2D eigenvalue weighted by Gasteiger charge is -2.33. The average molecular weight is 338 g/mol. The van der Waals surface area contributed by atoms with Crippen LogP contribution in [0.25, 0.3) is 6.08 Å². The van der Waals surface area contributed by atoms with Gasteiger partial charge in [0, 0.05) is 12.7 Å². The number of pyridine rings is 1. The first-order valence-corrected chi connectivity index (χ1v) is 8.88. The number of methoxy groups -OCH3 is 1. The summed E-state index contributed by atoms with van der Waals surface area (Å²) in [6.45, 7) is 2.97. The number of rotatable bonds is 6. The van der Waals surface area contributed by atoms with Gasteiger partial charge in [0.25, 0.3) is 0 Å². The number of aromatic nitrogens is 1. The van der Waals surface area contributed by atoms with Gasteiger partial charge in [-0.3, -0.25) is 9.88 Å². The zero-order chi connectivity index (χ0) is 17.5. The zero-order valence-corrected chi connectivity index (χ0v) is 14.7.